The van der Waals surface area contributed by atoms with Gasteiger partial charge >= 0.3 is 11.9 Å². The average Bonchev–Trinajstić information content (AvgIpc) is 3.29. The fraction of sp³-hybridized carbons (Fsp3) is 0.390. The van der Waals surface area contributed by atoms with Gasteiger partial charge in [-0.15, -0.1) is 0 Å². The van der Waals surface area contributed by atoms with Gasteiger partial charge in [0.1, 0.15) is 12.2 Å². The lowest BCUT2D eigenvalue weighted by Crippen LogP contribution is -2.64. The molecule has 4 rings (SSSR count). The molecule has 0 spiro atoms. The van der Waals surface area contributed by atoms with Crippen LogP contribution < -0.4 is 26.4 Å². The van der Waals surface area contributed by atoms with E-state index in [1.54, 1.807) is 94.4 Å². The maximum absolute atomic E-state index is 15.0. The zero-order chi connectivity index (χ0) is 41.3. The monoisotopic (exact) mass is 788 g/mol. The van der Waals surface area contributed by atoms with Crippen molar-refractivity contribution in [3.8, 4) is 0 Å². The van der Waals surface area contributed by atoms with Crippen LogP contribution in [0.15, 0.2) is 95.4 Å². The Morgan fingerprint density at radius 2 is 1.64 bits per heavy atom. The Labute approximate surface area is 328 Å². The molecule has 0 aromatic heterocycles. The summed E-state index contributed by atoms with van der Waals surface area (Å²) in [6.45, 7) is 8.24. The maximum Gasteiger partial charge on any atom is 0.338 e. The van der Waals surface area contributed by atoms with E-state index in [0.29, 0.717) is 11.3 Å². The Kier molecular flexibility index (Phi) is 14.3. The van der Waals surface area contributed by atoms with Gasteiger partial charge in [0.05, 0.1) is 23.3 Å². The molecule has 0 bridgehead atoms. The number of anilines is 1. The van der Waals surface area contributed by atoms with Crippen LogP contribution in [0.5, 0.6) is 0 Å². The number of hydrogen-bond donors (Lipinski definition) is 5. The molecule has 1 aliphatic heterocycles. The van der Waals surface area contributed by atoms with E-state index in [2.05, 4.69) is 10.0 Å². The number of para-hydroxylation sites is 1. The molecule has 0 aliphatic carbocycles. The quantitative estimate of drug-likeness (QED) is 0.0349. The third-order valence-corrected chi connectivity index (χ3v) is 10.8. The summed E-state index contributed by atoms with van der Waals surface area (Å²) in [5.41, 5.74) is 11.2. The van der Waals surface area contributed by atoms with Crippen molar-refractivity contribution < 1.29 is 37.1 Å². The highest BCUT2D eigenvalue weighted by molar-refractivity contribution is 7.89. The minimum atomic E-state index is -4.38. The highest BCUT2D eigenvalue weighted by atomic mass is 32.2. The number of hydrogen-bond acceptors (Lipinski definition) is 10. The van der Waals surface area contributed by atoms with E-state index in [9.17, 15) is 22.8 Å². The average molecular weight is 789 g/mol. The van der Waals surface area contributed by atoms with Crippen molar-refractivity contribution in [2.24, 2.45) is 17.4 Å². The molecule has 14 nitrogen and oxygen atoms in total. The highest BCUT2D eigenvalue weighted by Crippen LogP contribution is 2.33. The lowest BCUT2D eigenvalue weighted by Gasteiger charge is -2.35. The summed E-state index contributed by atoms with van der Waals surface area (Å²) in [7, 11) is -4.38. The van der Waals surface area contributed by atoms with Gasteiger partial charge in [-0.3, -0.25) is 19.8 Å². The Bertz CT molecular complexity index is 2050. The molecule has 15 heteroatoms. The van der Waals surface area contributed by atoms with Crippen molar-refractivity contribution in [1.82, 2.24) is 10.0 Å². The van der Waals surface area contributed by atoms with Crippen LogP contribution in [0.25, 0.3) is 0 Å². The fourth-order valence-electron chi connectivity index (χ4n) is 6.40. The van der Waals surface area contributed by atoms with E-state index in [4.69, 9.17) is 26.4 Å². The smallest absolute Gasteiger partial charge is 0.338 e. The number of ketones is 1. The molecule has 3 aromatic carbocycles. The molecule has 7 N–H and O–H groups in total. The van der Waals surface area contributed by atoms with Gasteiger partial charge in [0, 0.05) is 18.8 Å². The van der Waals surface area contributed by atoms with Crippen LogP contribution in [0, 0.1) is 25.2 Å². The van der Waals surface area contributed by atoms with Gasteiger partial charge in [0.15, 0.2) is 17.3 Å². The molecule has 1 heterocycles. The standard InChI is InChI=1S/C41H52N6O8S/c1-27-18-19-34(28(2)23-27)56(52,53)46-33(17-12-21-45-39(42)43)36(49)41(44,38(51)55-40(3,4)5)31-20-22-47(32-15-10-7-11-16-32)37(50)30(24-31)25-35(48)54-26-29-13-8-6-9-14-29/h6-11,13-16,18-19,23-24,30,33,46H,12,17,20-22,25-26,44H2,1-5H3,(H4,42,43,45). The largest absolute Gasteiger partial charge is 0.461 e. The first kappa shape index (κ1) is 43.3. The van der Waals surface area contributed by atoms with Gasteiger partial charge in [0.2, 0.25) is 15.9 Å². The molecule has 3 unspecified atom stereocenters. The predicted molar refractivity (Wildman–Crippen MR) is 213 cm³/mol. The number of nitrogens with one attached hydrogen (secondary N) is 3. The third-order valence-electron chi connectivity index (χ3n) is 9.12. The van der Waals surface area contributed by atoms with Crippen LogP contribution >= 0.6 is 0 Å². The van der Waals surface area contributed by atoms with Crippen LogP contribution in [-0.2, 0) is 45.3 Å². The highest BCUT2D eigenvalue weighted by Gasteiger charge is 2.52. The summed E-state index contributed by atoms with van der Waals surface area (Å²) < 4.78 is 41.7. The molecule has 0 fully saturated rings. The number of carbonyl (C=O) groups is 4. The van der Waals surface area contributed by atoms with Gasteiger partial charge < -0.3 is 31.2 Å². The molecule has 300 valence electrons. The first-order valence-corrected chi connectivity index (χ1v) is 19.8. The second-order valence-corrected chi connectivity index (χ2v) is 16.5. The summed E-state index contributed by atoms with van der Waals surface area (Å²) in [5, 5.41) is 10.2. The van der Waals surface area contributed by atoms with Crippen molar-refractivity contribution in [2.45, 2.75) is 89.0 Å². The number of nitrogens with two attached hydrogens (primary N) is 2. The minimum absolute atomic E-state index is 0.0260. The molecule has 0 saturated carbocycles. The number of Topliss-reactive ketones (excluding diaryl/α,β-unsaturated/α-hetero) is 1. The maximum atomic E-state index is 15.0. The lowest BCUT2D eigenvalue weighted by molar-refractivity contribution is -0.162. The molecule has 1 aliphatic rings. The topological polar surface area (TPSA) is 224 Å². The Morgan fingerprint density at radius 1 is 1.00 bits per heavy atom. The number of ether oxygens (including phenoxy) is 2. The molecule has 56 heavy (non-hydrogen) atoms. The van der Waals surface area contributed by atoms with Crippen LogP contribution in [0.3, 0.4) is 0 Å². The summed E-state index contributed by atoms with van der Waals surface area (Å²) >= 11 is 0. The van der Waals surface area contributed by atoms with Gasteiger partial charge in [-0.2, -0.15) is 0 Å². The summed E-state index contributed by atoms with van der Waals surface area (Å²) in [6.07, 6.45) is 0.758. The lowest BCUT2D eigenvalue weighted by atomic mass is 9.79. The SMILES string of the molecule is Cc1ccc(S(=O)(=O)NC(CCCNC(=N)N)C(=O)C(N)(C(=O)OC(C)(C)C)C2=CC(CC(=O)OCc3ccccc3)C(=O)N(c3ccccc3)CC2)c(C)c1. The van der Waals surface area contributed by atoms with Gasteiger partial charge in [-0.1, -0.05) is 72.3 Å². The summed E-state index contributed by atoms with van der Waals surface area (Å²) in [5.74, 6) is -4.95. The number of sulfonamides is 1. The van der Waals surface area contributed by atoms with Gasteiger partial charge in [-0.25, -0.2) is 17.9 Å². The van der Waals surface area contributed by atoms with E-state index in [1.165, 1.54) is 17.0 Å². The van der Waals surface area contributed by atoms with E-state index < -0.39 is 63.2 Å². The molecule has 3 aromatic rings. The van der Waals surface area contributed by atoms with Crippen LogP contribution in [0.2, 0.25) is 0 Å². The van der Waals surface area contributed by atoms with Crippen LogP contribution in [0.1, 0.15) is 63.1 Å². The molecule has 3 atom stereocenters. The van der Waals surface area contributed by atoms with E-state index in [0.717, 1.165) is 11.1 Å². The second-order valence-electron chi connectivity index (χ2n) is 14.8. The number of esters is 2. The number of aryl methyl sites for hydroxylation is 2. The zero-order valence-electron chi connectivity index (χ0n) is 32.5. The van der Waals surface area contributed by atoms with E-state index in [1.807, 2.05) is 13.0 Å². The Hall–Kier alpha value is -5.38. The predicted octanol–water partition coefficient (Wildman–Crippen LogP) is 3.93. The zero-order valence-corrected chi connectivity index (χ0v) is 33.3. The van der Waals surface area contributed by atoms with Crippen molar-refractivity contribution >= 4 is 45.3 Å². The molecule has 0 radical (unpaired) electrons. The Morgan fingerprint density at radius 3 is 2.25 bits per heavy atom. The number of benzene rings is 3. The van der Waals surface area contributed by atoms with Crippen molar-refractivity contribution in [3.63, 3.8) is 0 Å². The first-order valence-electron chi connectivity index (χ1n) is 18.3. The van der Waals surface area contributed by atoms with E-state index in [-0.39, 0.29) is 55.4 Å². The fourth-order valence-corrected chi connectivity index (χ4v) is 7.86. The number of amides is 1. The second kappa shape index (κ2) is 18.5. The number of guanidine groups is 1. The van der Waals surface area contributed by atoms with Crippen molar-refractivity contribution in [3.05, 3.63) is 107 Å². The van der Waals surface area contributed by atoms with Crippen molar-refractivity contribution in [1.29, 1.82) is 5.41 Å². The number of carbonyl (C=O) groups excluding carboxylic acids is 4. The number of rotatable bonds is 16. The minimum Gasteiger partial charge on any atom is -0.461 e. The van der Waals surface area contributed by atoms with Gasteiger partial charge in [0.25, 0.3) is 0 Å². The van der Waals surface area contributed by atoms with Crippen LogP contribution in [-0.4, -0.2) is 68.3 Å². The number of nitrogens with zero attached hydrogens (tertiary/aromatic N) is 1. The van der Waals surface area contributed by atoms with Gasteiger partial charge in [-0.05, 0) is 88.8 Å². The summed E-state index contributed by atoms with van der Waals surface area (Å²) in [6, 6.07) is 20.9. The summed E-state index contributed by atoms with van der Waals surface area (Å²) in [4.78, 5) is 58.4. The van der Waals surface area contributed by atoms with E-state index >= 15 is 4.79 Å². The molecular weight excluding hydrogens is 737 g/mol. The first-order chi connectivity index (χ1) is 26.3. The molecule has 1 amide bonds. The van der Waals surface area contributed by atoms with Crippen molar-refractivity contribution in [2.75, 3.05) is 18.0 Å². The third kappa shape index (κ3) is 11.3. The molecule has 0 saturated heterocycles. The Balaban J connectivity index is 1.82. The van der Waals surface area contributed by atoms with Crippen LogP contribution in [0.4, 0.5) is 5.69 Å². The normalized spacial score (nSPS) is 16.5. The molecular formula is C41H52N6O8S.